The van der Waals surface area contributed by atoms with Crippen molar-refractivity contribution in [2.45, 2.75) is 26.2 Å². The second-order valence-corrected chi connectivity index (χ2v) is 5.48. The van der Waals surface area contributed by atoms with Crippen molar-refractivity contribution in [2.24, 2.45) is 0 Å². The van der Waals surface area contributed by atoms with Crippen LogP contribution in [0.1, 0.15) is 23.2 Å². The van der Waals surface area contributed by atoms with Crippen LogP contribution in [0, 0.1) is 6.92 Å². The lowest BCUT2D eigenvalue weighted by atomic mass is 10.00. The Labute approximate surface area is 124 Å². The van der Waals surface area contributed by atoms with Gasteiger partial charge in [-0.25, -0.2) is 0 Å². The van der Waals surface area contributed by atoms with Crippen molar-refractivity contribution in [1.29, 1.82) is 0 Å². The lowest BCUT2D eigenvalue weighted by Crippen LogP contribution is -2.36. The van der Waals surface area contributed by atoms with E-state index in [-0.39, 0.29) is 5.91 Å². The molecule has 0 saturated heterocycles. The predicted octanol–water partition coefficient (Wildman–Crippen LogP) is 2.49. The number of pyridine rings is 1. The molecular formula is C17H19N3O. The molecule has 0 spiro atoms. The van der Waals surface area contributed by atoms with Gasteiger partial charge in [-0.15, -0.1) is 0 Å². The standard InChI is InChI=1S/C17H19N3O/c1-12-4-2-8-19-15(12)11-17(21)20-9-3-5-13-10-14(18)6-7-16(13)20/h2,4,6-8,10H,3,5,9,11,18H2,1H3. The Bertz CT molecular complexity index is 681. The molecule has 4 nitrogen and oxygen atoms in total. The van der Waals surface area contributed by atoms with Crippen LogP contribution in [0.2, 0.25) is 0 Å². The number of amides is 1. The number of rotatable bonds is 2. The lowest BCUT2D eigenvalue weighted by Gasteiger charge is -2.29. The molecule has 2 aromatic rings. The molecule has 1 aromatic carbocycles. The summed E-state index contributed by atoms with van der Waals surface area (Å²) in [4.78, 5) is 18.8. The molecule has 3 rings (SSSR count). The van der Waals surface area contributed by atoms with Gasteiger partial charge in [0.2, 0.25) is 5.91 Å². The summed E-state index contributed by atoms with van der Waals surface area (Å²) in [7, 11) is 0. The van der Waals surface area contributed by atoms with Crippen LogP contribution in [0.4, 0.5) is 11.4 Å². The van der Waals surface area contributed by atoms with Crippen LogP contribution < -0.4 is 10.6 Å². The maximum Gasteiger partial charge on any atom is 0.233 e. The van der Waals surface area contributed by atoms with E-state index in [2.05, 4.69) is 4.98 Å². The van der Waals surface area contributed by atoms with Crippen molar-refractivity contribution >= 4 is 17.3 Å². The van der Waals surface area contributed by atoms with E-state index < -0.39 is 0 Å². The number of anilines is 2. The Kier molecular flexibility index (Phi) is 3.60. The lowest BCUT2D eigenvalue weighted by molar-refractivity contribution is -0.118. The molecule has 0 aliphatic carbocycles. The number of benzene rings is 1. The third kappa shape index (κ3) is 2.75. The molecule has 1 aromatic heterocycles. The van der Waals surface area contributed by atoms with Gasteiger partial charge >= 0.3 is 0 Å². The Hall–Kier alpha value is -2.36. The topological polar surface area (TPSA) is 59.2 Å². The summed E-state index contributed by atoms with van der Waals surface area (Å²) < 4.78 is 0. The first kappa shape index (κ1) is 13.6. The SMILES string of the molecule is Cc1cccnc1CC(=O)N1CCCc2cc(N)ccc21. The summed E-state index contributed by atoms with van der Waals surface area (Å²) in [6, 6.07) is 9.66. The zero-order valence-corrected chi connectivity index (χ0v) is 12.2. The number of carbonyl (C=O) groups is 1. The number of hydrogen-bond acceptors (Lipinski definition) is 3. The van der Waals surface area contributed by atoms with Gasteiger partial charge in [0.15, 0.2) is 0 Å². The quantitative estimate of drug-likeness (QED) is 0.860. The van der Waals surface area contributed by atoms with E-state index in [0.717, 1.165) is 47.6 Å². The number of nitrogens with zero attached hydrogens (tertiary/aromatic N) is 2. The summed E-state index contributed by atoms with van der Waals surface area (Å²) >= 11 is 0. The van der Waals surface area contributed by atoms with Gasteiger partial charge in [0.05, 0.1) is 12.1 Å². The number of carbonyl (C=O) groups excluding carboxylic acids is 1. The number of nitrogen functional groups attached to an aromatic ring is 1. The summed E-state index contributed by atoms with van der Waals surface area (Å²) in [6.07, 6.45) is 4.03. The first-order valence-electron chi connectivity index (χ1n) is 7.24. The zero-order valence-electron chi connectivity index (χ0n) is 12.2. The largest absolute Gasteiger partial charge is 0.399 e. The summed E-state index contributed by atoms with van der Waals surface area (Å²) in [5.41, 5.74) is 10.6. The molecule has 1 aliphatic rings. The Morgan fingerprint density at radius 2 is 2.24 bits per heavy atom. The number of nitrogens with two attached hydrogens (primary N) is 1. The second-order valence-electron chi connectivity index (χ2n) is 5.48. The van der Waals surface area contributed by atoms with Crippen molar-refractivity contribution in [3.05, 3.63) is 53.3 Å². The van der Waals surface area contributed by atoms with E-state index in [1.54, 1.807) is 6.20 Å². The molecule has 0 bridgehead atoms. The Morgan fingerprint density at radius 3 is 3.05 bits per heavy atom. The van der Waals surface area contributed by atoms with E-state index in [1.807, 2.05) is 42.2 Å². The smallest absolute Gasteiger partial charge is 0.233 e. The number of fused-ring (bicyclic) bond motifs is 1. The maximum absolute atomic E-state index is 12.6. The van der Waals surface area contributed by atoms with Gasteiger partial charge < -0.3 is 10.6 Å². The minimum atomic E-state index is 0.0996. The molecule has 1 aliphatic heterocycles. The van der Waals surface area contributed by atoms with Gasteiger partial charge in [-0.3, -0.25) is 9.78 Å². The van der Waals surface area contributed by atoms with Crippen molar-refractivity contribution in [2.75, 3.05) is 17.2 Å². The van der Waals surface area contributed by atoms with Crippen LogP contribution in [-0.2, 0) is 17.6 Å². The second kappa shape index (κ2) is 5.56. The third-order valence-corrected chi connectivity index (χ3v) is 3.96. The van der Waals surface area contributed by atoms with Gasteiger partial charge in [-0.05, 0) is 55.2 Å². The normalized spacial score (nSPS) is 13.9. The van der Waals surface area contributed by atoms with Crippen LogP contribution in [0.25, 0.3) is 0 Å². The van der Waals surface area contributed by atoms with Crippen molar-refractivity contribution < 1.29 is 4.79 Å². The van der Waals surface area contributed by atoms with Crippen LogP contribution in [0.5, 0.6) is 0 Å². The van der Waals surface area contributed by atoms with Gasteiger partial charge in [0.1, 0.15) is 0 Å². The first-order chi connectivity index (χ1) is 10.1. The molecule has 21 heavy (non-hydrogen) atoms. The van der Waals surface area contributed by atoms with Crippen molar-refractivity contribution in [3.8, 4) is 0 Å². The molecule has 2 heterocycles. The van der Waals surface area contributed by atoms with E-state index in [0.29, 0.717) is 6.42 Å². The molecule has 2 N–H and O–H groups in total. The van der Waals surface area contributed by atoms with Crippen molar-refractivity contribution in [3.63, 3.8) is 0 Å². The van der Waals surface area contributed by atoms with Gasteiger partial charge in [0.25, 0.3) is 0 Å². The molecule has 0 unspecified atom stereocenters. The number of aromatic nitrogens is 1. The van der Waals surface area contributed by atoms with Gasteiger partial charge in [0, 0.05) is 24.1 Å². The van der Waals surface area contributed by atoms with Crippen LogP contribution in [-0.4, -0.2) is 17.4 Å². The third-order valence-electron chi connectivity index (χ3n) is 3.96. The molecule has 0 saturated carbocycles. The molecular weight excluding hydrogens is 262 g/mol. The van der Waals surface area contributed by atoms with Crippen LogP contribution >= 0.6 is 0 Å². The molecule has 108 valence electrons. The van der Waals surface area contributed by atoms with Crippen LogP contribution in [0.3, 0.4) is 0 Å². The van der Waals surface area contributed by atoms with Gasteiger partial charge in [-0.2, -0.15) is 0 Å². The minimum absolute atomic E-state index is 0.0996. The molecule has 4 heteroatoms. The zero-order chi connectivity index (χ0) is 14.8. The molecule has 0 radical (unpaired) electrons. The molecule has 0 atom stereocenters. The van der Waals surface area contributed by atoms with Crippen LogP contribution in [0.15, 0.2) is 36.5 Å². The monoisotopic (exact) mass is 281 g/mol. The highest BCUT2D eigenvalue weighted by Gasteiger charge is 2.23. The van der Waals surface area contributed by atoms with Crippen molar-refractivity contribution in [1.82, 2.24) is 4.98 Å². The number of hydrogen-bond donors (Lipinski definition) is 1. The molecule has 1 amide bonds. The van der Waals surface area contributed by atoms with E-state index in [1.165, 1.54) is 0 Å². The highest BCUT2D eigenvalue weighted by molar-refractivity contribution is 5.96. The molecule has 0 fully saturated rings. The first-order valence-corrected chi connectivity index (χ1v) is 7.24. The highest BCUT2D eigenvalue weighted by Crippen LogP contribution is 2.29. The van der Waals surface area contributed by atoms with E-state index in [9.17, 15) is 4.79 Å². The number of aryl methyl sites for hydroxylation is 2. The fourth-order valence-electron chi connectivity index (χ4n) is 2.82. The highest BCUT2D eigenvalue weighted by atomic mass is 16.2. The average molecular weight is 281 g/mol. The Morgan fingerprint density at radius 1 is 1.38 bits per heavy atom. The van der Waals surface area contributed by atoms with E-state index in [4.69, 9.17) is 5.73 Å². The summed E-state index contributed by atoms with van der Waals surface area (Å²) in [6.45, 7) is 2.75. The maximum atomic E-state index is 12.6. The summed E-state index contributed by atoms with van der Waals surface area (Å²) in [5, 5.41) is 0. The van der Waals surface area contributed by atoms with Gasteiger partial charge in [-0.1, -0.05) is 6.07 Å². The average Bonchev–Trinajstić information content (AvgIpc) is 2.48. The predicted molar refractivity (Wildman–Crippen MR) is 84.2 cm³/mol. The van der Waals surface area contributed by atoms with E-state index >= 15 is 0 Å². The Balaban J connectivity index is 1.85. The fourth-order valence-corrected chi connectivity index (χ4v) is 2.82. The minimum Gasteiger partial charge on any atom is -0.399 e. The summed E-state index contributed by atoms with van der Waals surface area (Å²) in [5.74, 6) is 0.0996. The fraction of sp³-hybridized carbons (Fsp3) is 0.294.